The van der Waals surface area contributed by atoms with Crippen molar-refractivity contribution in [2.24, 2.45) is 11.7 Å². The van der Waals surface area contributed by atoms with E-state index in [9.17, 15) is 4.79 Å². The van der Waals surface area contributed by atoms with Gasteiger partial charge in [0.05, 0.1) is 12.5 Å². The van der Waals surface area contributed by atoms with Crippen molar-refractivity contribution in [3.05, 3.63) is 0 Å². The maximum absolute atomic E-state index is 12.1. The molecule has 0 aliphatic carbocycles. The van der Waals surface area contributed by atoms with Gasteiger partial charge in [-0.25, -0.2) is 0 Å². The summed E-state index contributed by atoms with van der Waals surface area (Å²) in [4.78, 5) is 14.0. The van der Waals surface area contributed by atoms with E-state index < -0.39 is 0 Å². The maximum Gasteiger partial charge on any atom is 0.225 e. The van der Waals surface area contributed by atoms with Crippen LogP contribution >= 0.6 is 12.4 Å². The molecule has 0 aromatic rings. The quantitative estimate of drug-likeness (QED) is 0.834. The van der Waals surface area contributed by atoms with Crippen molar-refractivity contribution in [3.8, 4) is 0 Å². The van der Waals surface area contributed by atoms with Crippen LogP contribution in [0, 0.1) is 5.92 Å². The van der Waals surface area contributed by atoms with Gasteiger partial charge in [-0.2, -0.15) is 0 Å². The monoisotopic (exact) mass is 278 g/mol. The average Bonchev–Trinajstić information content (AvgIpc) is 2.60. The molecule has 0 radical (unpaired) electrons. The van der Waals surface area contributed by atoms with Crippen molar-refractivity contribution in [2.45, 2.75) is 45.1 Å². The summed E-state index contributed by atoms with van der Waals surface area (Å²) in [7, 11) is 1.61. The minimum atomic E-state index is -0.132. The first-order valence-corrected chi connectivity index (χ1v) is 6.71. The molecule has 5 heteroatoms. The van der Waals surface area contributed by atoms with Crippen LogP contribution in [-0.2, 0) is 9.53 Å². The molecule has 0 aromatic heterocycles. The molecule has 1 rings (SSSR count). The van der Waals surface area contributed by atoms with Crippen molar-refractivity contribution in [2.75, 3.05) is 26.7 Å². The second kappa shape index (κ2) is 9.59. The Bertz CT molecular complexity index is 235. The SMILES string of the molecule is CCC1CCCN(C(=O)CC(CN)OC)CC1.Cl. The molecular weight excluding hydrogens is 252 g/mol. The van der Waals surface area contributed by atoms with Gasteiger partial charge in [-0.3, -0.25) is 4.79 Å². The third kappa shape index (κ3) is 5.55. The zero-order valence-corrected chi connectivity index (χ0v) is 12.4. The smallest absolute Gasteiger partial charge is 0.225 e. The van der Waals surface area contributed by atoms with Crippen LogP contribution in [0.2, 0.25) is 0 Å². The lowest BCUT2D eigenvalue weighted by Gasteiger charge is -2.23. The Balaban J connectivity index is 0.00000289. The van der Waals surface area contributed by atoms with E-state index >= 15 is 0 Å². The molecule has 2 unspecified atom stereocenters. The molecule has 18 heavy (non-hydrogen) atoms. The van der Waals surface area contributed by atoms with Crippen molar-refractivity contribution < 1.29 is 9.53 Å². The van der Waals surface area contributed by atoms with Gasteiger partial charge in [-0.15, -0.1) is 12.4 Å². The largest absolute Gasteiger partial charge is 0.380 e. The van der Waals surface area contributed by atoms with Gasteiger partial charge in [0, 0.05) is 26.7 Å². The highest BCUT2D eigenvalue weighted by Crippen LogP contribution is 2.20. The minimum Gasteiger partial charge on any atom is -0.380 e. The van der Waals surface area contributed by atoms with Crippen LogP contribution in [0.25, 0.3) is 0 Å². The molecule has 1 saturated heterocycles. The Hall–Kier alpha value is -0.320. The number of rotatable bonds is 5. The predicted molar refractivity (Wildman–Crippen MR) is 75.9 cm³/mol. The van der Waals surface area contributed by atoms with Crippen molar-refractivity contribution >= 4 is 18.3 Å². The Morgan fingerprint density at radius 1 is 1.44 bits per heavy atom. The van der Waals surface area contributed by atoms with Gasteiger partial charge in [0.1, 0.15) is 0 Å². The Kier molecular flexibility index (Phi) is 9.42. The topological polar surface area (TPSA) is 55.6 Å². The molecule has 0 saturated carbocycles. The van der Waals surface area contributed by atoms with E-state index in [1.54, 1.807) is 7.11 Å². The average molecular weight is 279 g/mol. The van der Waals surface area contributed by atoms with E-state index in [0.717, 1.165) is 31.8 Å². The van der Waals surface area contributed by atoms with Crippen LogP contribution < -0.4 is 5.73 Å². The number of likely N-dealkylation sites (tertiary alicyclic amines) is 1. The van der Waals surface area contributed by atoms with Crippen LogP contribution in [0.5, 0.6) is 0 Å². The van der Waals surface area contributed by atoms with E-state index in [1.807, 2.05) is 4.90 Å². The fraction of sp³-hybridized carbons (Fsp3) is 0.923. The third-order valence-electron chi connectivity index (χ3n) is 3.78. The number of hydrogen-bond acceptors (Lipinski definition) is 3. The molecule has 0 spiro atoms. The summed E-state index contributed by atoms with van der Waals surface area (Å²) in [6.45, 7) is 4.44. The molecule has 2 atom stereocenters. The highest BCUT2D eigenvalue weighted by molar-refractivity contribution is 5.85. The predicted octanol–water partition coefficient (Wildman–Crippen LogP) is 1.81. The number of amides is 1. The minimum absolute atomic E-state index is 0. The molecule has 108 valence electrons. The van der Waals surface area contributed by atoms with Gasteiger partial charge in [0.25, 0.3) is 0 Å². The number of nitrogens with two attached hydrogens (primary N) is 1. The zero-order chi connectivity index (χ0) is 12.7. The van der Waals surface area contributed by atoms with Gasteiger partial charge in [0.15, 0.2) is 0 Å². The second-order valence-corrected chi connectivity index (χ2v) is 4.88. The van der Waals surface area contributed by atoms with E-state index in [2.05, 4.69) is 6.92 Å². The summed E-state index contributed by atoms with van der Waals surface area (Å²) < 4.78 is 5.16. The van der Waals surface area contributed by atoms with Crippen LogP contribution in [0.1, 0.15) is 39.0 Å². The van der Waals surface area contributed by atoms with Crippen LogP contribution in [0.4, 0.5) is 0 Å². The lowest BCUT2D eigenvalue weighted by atomic mass is 9.98. The number of ether oxygens (including phenoxy) is 1. The highest BCUT2D eigenvalue weighted by Gasteiger charge is 2.21. The molecule has 4 nitrogen and oxygen atoms in total. The summed E-state index contributed by atoms with van der Waals surface area (Å²) in [5.74, 6) is 0.986. The summed E-state index contributed by atoms with van der Waals surface area (Å²) in [6.07, 6.45) is 5.04. The van der Waals surface area contributed by atoms with Gasteiger partial charge in [-0.05, 0) is 25.2 Å². The van der Waals surface area contributed by atoms with Gasteiger partial charge < -0.3 is 15.4 Å². The summed E-state index contributed by atoms with van der Waals surface area (Å²) >= 11 is 0. The first-order valence-electron chi connectivity index (χ1n) is 6.71. The standard InChI is InChI=1S/C13H26N2O2.ClH/c1-3-11-5-4-7-15(8-6-11)13(16)9-12(10-14)17-2;/h11-12H,3-10,14H2,1-2H3;1H. The first-order chi connectivity index (χ1) is 8.21. The maximum atomic E-state index is 12.1. The number of carbonyl (C=O) groups excluding carboxylic acids is 1. The van der Waals surface area contributed by atoms with E-state index in [4.69, 9.17) is 10.5 Å². The van der Waals surface area contributed by atoms with Crippen molar-refractivity contribution in [3.63, 3.8) is 0 Å². The van der Waals surface area contributed by atoms with Crippen molar-refractivity contribution in [1.29, 1.82) is 0 Å². The molecular formula is C13H27ClN2O2. The second-order valence-electron chi connectivity index (χ2n) is 4.88. The fourth-order valence-electron chi connectivity index (χ4n) is 2.41. The van der Waals surface area contributed by atoms with E-state index in [0.29, 0.717) is 13.0 Å². The number of hydrogen-bond donors (Lipinski definition) is 1. The molecule has 2 N–H and O–H groups in total. The number of methoxy groups -OCH3 is 1. The van der Waals surface area contributed by atoms with Gasteiger partial charge >= 0.3 is 0 Å². The van der Waals surface area contributed by atoms with E-state index in [-0.39, 0.29) is 24.4 Å². The van der Waals surface area contributed by atoms with Gasteiger partial charge in [-0.1, -0.05) is 13.3 Å². The zero-order valence-electron chi connectivity index (χ0n) is 11.6. The molecule has 1 aliphatic heterocycles. The highest BCUT2D eigenvalue weighted by atomic mass is 35.5. The Labute approximate surface area is 117 Å². The Morgan fingerprint density at radius 3 is 2.72 bits per heavy atom. The number of nitrogens with zero attached hydrogens (tertiary/aromatic N) is 1. The third-order valence-corrected chi connectivity index (χ3v) is 3.78. The summed E-state index contributed by atoms with van der Waals surface area (Å²) in [6, 6.07) is 0. The first kappa shape index (κ1) is 17.7. The number of halogens is 1. The molecule has 0 aromatic carbocycles. The van der Waals surface area contributed by atoms with Crippen LogP contribution in [0.3, 0.4) is 0 Å². The van der Waals surface area contributed by atoms with Crippen LogP contribution in [-0.4, -0.2) is 43.7 Å². The summed E-state index contributed by atoms with van der Waals surface area (Å²) in [5.41, 5.74) is 5.54. The Morgan fingerprint density at radius 2 is 2.17 bits per heavy atom. The molecule has 1 amide bonds. The summed E-state index contributed by atoms with van der Waals surface area (Å²) in [5, 5.41) is 0. The molecule has 1 fully saturated rings. The van der Waals surface area contributed by atoms with Gasteiger partial charge in [0.2, 0.25) is 5.91 Å². The van der Waals surface area contributed by atoms with Crippen LogP contribution in [0.15, 0.2) is 0 Å². The molecule has 1 aliphatic rings. The molecule has 0 bridgehead atoms. The fourth-order valence-corrected chi connectivity index (χ4v) is 2.41. The molecule has 1 heterocycles. The van der Waals surface area contributed by atoms with E-state index in [1.165, 1.54) is 12.8 Å². The van der Waals surface area contributed by atoms with Crippen molar-refractivity contribution in [1.82, 2.24) is 4.90 Å². The lowest BCUT2D eigenvalue weighted by molar-refractivity contribution is -0.133. The number of carbonyl (C=O) groups is 1. The normalized spacial score (nSPS) is 21.9. The lowest BCUT2D eigenvalue weighted by Crippen LogP contribution is -2.36.